The number of fused-ring (bicyclic) bond motifs is 1. The van der Waals surface area contributed by atoms with Gasteiger partial charge in [0, 0.05) is 17.8 Å². The van der Waals surface area contributed by atoms with Crippen LogP contribution in [0.1, 0.15) is 54.9 Å². The molecule has 0 spiro atoms. The van der Waals surface area contributed by atoms with Crippen molar-refractivity contribution in [3.63, 3.8) is 0 Å². The summed E-state index contributed by atoms with van der Waals surface area (Å²) in [6.45, 7) is 14.6. The van der Waals surface area contributed by atoms with Crippen LogP contribution in [0.3, 0.4) is 0 Å². The molecule has 0 amide bonds. The summed E-state index contributed by atoms with van der Waals surface area (Å²) >= 11 is 0. The van der Waals surface area contributed by atoms with Crippen molar-refractivity contribution in [2.24, 2.45) is 5.92 Å². The maximum Gasteiger partial charge on any atom is 0.137 e. The van der Waals surface area contributed by atoms with Crippen LogP contribution in [0, 0.1) is 5.92 Å². The molecule has 0 fully saturated rings. The van der Waals surface area contributed by atoms with E-state index in [2.05, 4.69) is 30.7 Å². The number of hydrogen-bond acceptors (Lipinski definition) is 1. The lowest BCUT2D eigenvalue weighted by Gasteiger charge is -1.90. The van der Waals surface area contributed by atoms with E-state index in [1.54, 1.807) is 6.20 Å². The van der Waals surface area contributed by atoms with E-state index in [-0.39, 0.29) is 0 Å². The van der Waals surface area contributed by atoms with Crippen LogP contribution in [-0.2, 0) is 0 Å². The summed E-state index contributed by atoms with van der Waals surface area (Å²) in [6.07, 6.45) is 4.97. The van der Waals surface area contributed by atoms with Gasteiger partial charge in [-0.3, -0.25) is 0 Å². The second-order valence-electron chi connectivity index (χ2n) is 3.72. The van der Waals surface area contributed by atoms with Gasteiger partial charge >= 0.3 is 0 Å². The Morgan fingerprint density at radius 2 is 1.67 bits per heavy atom. The Morgan fingerprint density at radius 1 is 1.11 bits per heavy atom. The van der Waals surface area contributed by atoms with Gasteiger partial charge in [0.2, 0.25) is 0 Å². The number of H-pyrrole nitrogens is 1. The van der Waals surface area contributed by atoms with Gasteiger partial charge in [0.15, 0.2) is 0 Å². The van der Waals surface area contributed by atoms with Gasteiger partial charge in [0.1, 0.15) is 5.65 Å². The highest BCUT2D eigenvalue weighted by atomic mass is 14.8. The molecule has 0 saturated heterocycles. The zero-order valence-corrected chi connectivity index (χ0v) is 13.1. The zero-order valence-electron chi connectivity index (χ0n) is 13.1. The molecule has 2 aromatic rings. The quantitative estimate of drug-likeness (QED) is 0.694. The fourth-order valence-electron chi connectivity index (χ4n) is 0.883. The number of hydrogen-bond donors (Lipinski definition) is 1. The lowest BCUT2D eigenvalue weighted by molar-refractivity contribution is 0.626. The van der Waals surface area contributed by atoms with Crippen molar-refractivity contribution in [1.29, 1.82) is 0 Å². The Kier molecular flexibility index (Phi) is 14.5. The van der Waals surface area contributed by atoms with Crippen molar-refractivity contribution in [2.45, 2.75) is 54.9 Å². The summed E-state index contributed by atoms with van der Waals surface area (Å²) in [5.41, 5.74) is 0.956. The van der Waals surface area contributed by atoms with Crippen LogP contribution in [0.5, 0.6) is 0 Å². The molecular formula is C16H30N2. The van der Waals surface area contributed by atoms with Crippen LogP contribution in [0.15, 0.2) is 30.6 Å². The van der Waals surface area contributed by atoms with Crippen molar-refractivity contribution in [3.05, 3.63) is 30.6 Å². The van der Waals surface area contributed by atoms with Crippen molar-refractivity contribution in [3.8, 4) is 0 Å². The van der Waals surface area contributed by atoms with Gasteiger partial charge in [-0.1, -0.05) is 54.9 Å². The molecule has 0 aromatic carbocycles. The third-order valence-electron chi connectivity index (χ3n) is 2.14. The summed E-state index contributed by atoms with van der Waals surface area (Å²) < 4.78 is 0. The van der Waals surface area contributed by atoms with Crippen molar-refractivity contribution in [1.82, 2.24) is 9.97 Å². The first-order chi connectivity index (χ1) is 8.74. The lowest BCUT2D eigenvalue weighted by atomic mass is 10.2. The molecule has 2 heteroatoms. The first-order valence-corrected chi connectivity index (χ1v) is 7.12. The molecule has 0 unspecified atom stereocenters. The second kappa shape index (κ2) is 13.8. The van der Waals surface area contributed by atoms with E-state index in [4.69, 9.17) is 0 Å². The standard InChI is InChI=1S/C7H6N2.C5H12.2C2H6/c1-2-6-3-5-9-7(6)8-4-1;1-4-5(2)3;2*1-2/h1-5H,(H,8,9);5H,4H2,1-3H3;2*1-2H3. The number of rotatable bonds is 1. The molecular weight excluding hydrogens is 220 g/mol. The average Bonchev–Trinajstić information content (AvgIpc) is 2.92. The molecule has 0 aliphatic rings. The molecule has 2 aromatic heterocycles. The Balaban J connectivity index is 0. The van der Waals surface area contributed by atoms with Crippen LogP contribution in [-0.4, -0.2) is 9.97 Å². The van der Waals surface area contributed by atoms with Gasteiger partial charge in [0.05, 0.1) is 0 Å². The number of aromatic nitrogens is 2. The highest BCUT2D eigenvalue weighted by molar-refractivity contribution is 5.74. The molecule has 0 bridgehead atoms. The van der Waals surface area contributed by atoms with E-state index in [0.29, 0.717) is 0 Å². The summed E-state index contributed by atoms with van der Waals surface area (Å²) in [6, 6.07) is 5.96. The third-order valence-corrected chi connectivity index (χ3v) is 2.14. The zero-order chi connectivity index (χ0) is 14.4. The molecule has 2 nitrogen and oxygen atoms in total. The number of pyridine rings is 1. The van der Waals surface area contributed by atoms with Crippen LogP contribution in [0.4, 0.5) is 0 Å². The Labute approximate surface area is 113 Å². The average molecular weight is 250 g/mol. The van der Waals surface area contributed by atoms with Crippen LogP contribution in [0.2, 0.25) is 0 Å². The van der Waals surface area contributed by atoms with Crippen molar-refractivity contribution in [2.75, 3.05) is 0 Å². The summed E-state index contributed by atoms with van der Waals surface area (Å²) in [5, 5.41) is 1.16. The van der Waals surface area contributed by atoms with Gasteiger partial charge < -0.3 is 4.98 Å². The Hall–Kier alpha value is -1.31. The van der Waals surface area contributed by atoms with Crippen LogP contribution < -0.4 is 0 Å². The minimum absolute atomic E-state index is 0.884. The largest absolute Gasteiger partial charge is 0.346 e. The van der Waals surface area contributed by atoms with E-state index in [1.807, 2.05) is 52.1 Å². The molecule has 2 rings (SSSR count). The number of nitrogens with one attached hydrogen (secondary N) is 1. The number of nitrogens with zero attached hydrogens (tertiary/aromatic N) is 1. The highest BCUT2D eigenvalue weighted by Crippen LogP contribution is 2.05. The molecule has 0 aliphatic heterocycles. The maximum absolute atomic E-state index is 4.09. The van der Waals surface area contributed by atoms with Gasteiger partial charge in [-0.05, 0) is 24.1 Å². The fourth-order valence-corrected chi connectivity index (χ4v) is 0.883. The van der Waals surface area contributed by atoms with Crippen molar-refractivity contribution >= 4 is 11.0 Å². The van der Waals surface area contributed by atoms with Crippen LogP contribution in [0.25, 0.3) is 11.0 Å². The van der Waals surface area contributed by atoms with Crippen molar-refractivity contribution < 1.29 is 0 Å². The first kappa shape index (κ1) is 19.0. The predicted octanol–water partition coefficient (Wildman–Crippen LogP) is 5.67. The van der Waals surface area contributed by atoms with Gasteiger partial charge in [-0.15, -0.1) is 0 Å². The predicted molar refractivity (Wildman–Crippen MR) is 83.9 cm³/mol. The molecule has 104 valence electrons. The molecule has 0 atom stereocenters. The summed E-state index contributed by atoms with van der Waals surface area (Å²) in [7, 11) is 0. The van der Waals surface area contributed by atoms with Gasteiger partial charge in [0.25, 0.3) is 0 Å². The van der Waals surface area contributed by atoms with E-state index in [0.717, 1.165) is 17.0 Å². The molecule has 0 aliphatic carbocycles. The minimum Gasteiger partial charge on any atom is -0.346 e. The number of aromatic amines is 1. The topological polar surface area (TPSA) is 28.7 Å². The SMILES string of the molecule is CC.CC.CCC(C)C.c1cnc2[nH]ccc2c1. The van der Waals surface area contributed by atoms with Gasteiger partial charge in [-0.2, -0.15) is 0 Å². The Bertz CT molecular complexity index is 334. The molecule has 0 saturated carbocycles. The van der Waals surface area contributed by atoms with Crippen LogP contribution >= 0.6 is 0 Å². The normalized spacial score (nSPS) is 8.44. The minimum atomic E-state index is 0.884. The molecule has 1 N–H and O–H groups in total. The lowest BCUT2D eigenvalue weighted by Crippen LogP contribution is -1.77. The third kappa shape index (κ3) is 8.80. The molecule has 2 heterocycles. The highest BCUT2D eigenvalue weighted by Gasteiger charge is 1.88. The van der Waals surface area contributed by atoms with E-state index < -0.39 is 0 Å². The molecule has 0 radical (unpaired) electrons. The van der Waals surface area contributed by atoms with E-state index in [9.17, 15) is 0 Å². The maximum atomic E-state index is 4.09. The molecule has 18 heavy (non-hydrogen) atoms. The van der Waals surface area contributed by atoms with Gasteiger partial charge in [-0.25, -0.2) is 4.98 Å². The summed E-state index contributed by atoms with van der Waals surface area (Å²) in [4.78, 5) is 7.09. The fraction of sp³-hybridized carbons (Fsp3) is 0.562. The second-order valence-corrected chi connectivity index (χ2v) is 3.72. The first-order valence-electron chi connectivity index (χ1n) is 7.12. The van der Waals surface area contributed by atoms with E-state index in [1.165, 1.54) is 6.42 Å². The Morgan fingerprint density at radius 3 is 2.11 bits per heavy atom. The smallest absolute Gasteiger partial charge is 0.137 e. The summed E-state index contributed by atoms with van der Waals surface area (Å²) in [5.74, 6) is 0.884. The van der Waals surface area contributed by atoms with E-state index >= 15 is 0 Å². The monoisotopic (exact) mass is 250 g/mol.